The zero-order valence-electron chi connectivity index (χ0n) is 14.5. The molecule has 0 unspecified atom stereocenters. The summed E-state index contributed by atoms with van der Waals surface area (Å²) in [6.07, 6.45) is 0.903. The summed E-state index contributed by atoms with van der Waals surface area (Å²) in [4.78, 5) is 23.8. The molecule has 0 heterocycles. The molecule has 0 aliphatic rings. The Hall–Kier alpha value is -2.71. The highest BCUT2D eigenvalue weighted by atomic mass is 32.2. The molecule has 8 heteroatoms. The van der Waals surface area contributed by atoms with E-state index >= 15 is 0 Å². The van der Waals surface area contributed by atoms with E-state index in [-0.39, 0.29) is 10.5 Å². The van der Waals surface area contributed by atoms with Gasteiger partial charge in [0.2, 0.25) is 10.0 Å². The molecule has 0 radical (unpaired) electrons. The molecule has 0 saturated heterocycles. The molecule has 0 saturated carbocycles. The fourth-order valence-corrected chi connectivity index (χ4v) is 2.85. The van der Waals surface area contributed by atoms with Crippen molar-refractivity contribution in [3.8, 4) is 0 Å². The van der Waals surface area contributed by atoms with Crippen LogP contribution in [0, 0.1) is 0 Å². The number of nitrogens with one attached hydrogen (secondary N) is 2. The van der Waals surface area contributed by atoms with Crippen molar-refractivity contribution in [1.82, 2.24) is 4.72 Å². The predicted octanol–water partition coefficient (Wildman–Crippen LogP) is 1.95. The zero-order valence-corrected chi connectivity index (χ0v) is 15.3. The Balaban J connectivity index is 1.90. The highest BCUT2D eigenvalue weighted by molar-refractivity contribution is 7.89. The first-order chi connectivity index (χ1) is 12.4. The molecule has 0 aromatic heterocycles. The Labute approximate surface area is 152 Å². The number of hydrogen-bond donors (Lipinski definition) is 2. The third-order valence-electron chi connectivity index (χ3n) is 3.65. The van der Waals surface area contributed by atoms with Crippen LogP contribution in [-0.4, -0.2) is 33.9 Å². The van der Waals surface area contributed by atoms with E-state index < -0.39 is 28.5 Å². The fourth-order valence-electron chi connectivity index (χ4n) is 2.12. The van der Waals surface area contributed by atoms with Crippen LogP contribution in [0.25, 0.3) is 0 Å². The molecule has 0 aliphatic heterocycles. The van der Waals surface area contributed by atoms with Gasteiger partial charge >= 0.3 is 5.97 Å². The molecule has 0 aliphatic carbocycles. The summed E-state index contributed by atoms with van der Waals surface area (Å²) in [6, 6.07) is 12.6. The zero-order chi connectivity index (χ0) is 19.2. The lowest BCUT2D eigenvalue weighted by atomic mass is 10.1. The molecule has 1 amide bonds. The molecule has 138 valence electrons. The monoisotopic (exact) mass is 376 g/mol. The van der Waals surface area contributed by atoms with Gasteiger partial charge in [-0.05, 0) is 55.4 Å². The molecule has 2 aromatic carbocycles. The molecule has 0 spiro atoms. The Kier molecular flexibility index (Phi) is 6.48. The molecule has 7 nitrogen and oxygen atoms in total. The molecule has 0 fully saturated rings. The van der Waals surface area contributed by atoms with Gasteiger partial charge in [0.15, 0.2) is 6.61 Å². The minimum Gasteiger partial charge on any atom is -0.452 e. The average Bonchev–Trinajstić information content (AvgIpc) is 2.66. The van der Waals surface area contributed by atoms with E-state index in [1.807, 2.05) is 19.1 Å². The number of rotatable bonds is 7. The van der Waals surface area contributed by atoms with Crippen molar-refractivity contribution in [2.24, 2.45) is 0 Å². The van der Waals surface area contributed by atoms with Crippen LogP contribution < -0.4 is 10.0 Å². The topological polar surface area (TPSA) is 102 Å². The van der Waals surface area contributed by atoms with Crippen molar-refractivity contribution in [2.75, 3.05) is 19.0 Å². The van der Waals surface area contributed by atoms with E-state index in [0.717, 1.165) is 12.0 Å². The minimum absolute atomic E-state index is 0.0322. The van der Waals surface area contributed by atoms with Gasteiger partial charge in [-0.2, -0.15) is 0 Å². The summed E-state index contributed by atoms with van der Waals surface area (Å²) in [5.74, 6) is -1.17. The lowest BCUT2D eigenvalue weighted by Crippen LogP contribution is -2.21. The van der Waals surface area contributed by atoms with E-state index in [9.17, 15) is 18.0 Å². The second-order valence-electron chi connectivity index (χ2n) is 5.41. The maximum atomic E-state index is 11.9. The van der Waals surface area contributed by atoms with Crippen molar-refractivity contribution < 1.29 is 22.7 Å². The van der Waals surface area contributed by atoms with Gasteiger partial charge in [0.25, 0.3) is 5.91 Å². The van der Waals surface area contributed by atoms with Gasteiger partial charge in [0.05, 0.1) is 10.5 Å². The van der Waals surface area contributed by atoms with Crippen molar-refractivity contribution in [3.05, 3.63) is 59.7 Å². The quantitative estimate of drug-likeness (QED) is 0.719. The van der Waals surface area contributed by atoms with Crippen LogP contribution >= 0.6 is 0 Å². The highest BCUT2D eigenvalue weighted by Crippen LogP contribution is 2.12. The third-order valence-corrected chi connectivity index (χ3v) is 5.08. The number of sulfonamides is 1. The highest BCUT2D eigenvalue weighted by Gasteiger charge is 2.14. The molecule has 2 aromatic rings. The number of carbonyl (C=O) groups is 2. The lowest BCUT2D eigenvalue weighted by molar-refractivity contribution is -0.119. The summed E-state index contributed by atoms with van der Waals surface area (Å²) < 4.78 is 30.4. The van der Waals surface area contributed by atoms with Gasteiger partial charge in [-0.25, -0.2) is 17.9 Å². The van der Waals surface area contributed by atoms with E-state index in [0.29, 0.717) is 5.69 Å². The Bertz CT molecular complexity index is 875. The van der Waals surface area contributed by atoms with E-state index in [4.69, 9.17) is 4.74 Å². The number of benzene rings is 2. The largest absolute Gasteiger partial charge is 0.452 e. The Morgan fingerprint density at radius 2 is 1.62 bits per heavy atom. The van der Waals surface area contributed by atoms with Crippen LogP contribution in [0.2, 0.25) is 0 Å². The molecule has 0 bridgehead atoms. The van der Waals surface area contributed by atoms with Gasteiger partial charge in [-0.1, -0.05) is 19.1 Å². The van der Waals surface area contributed by atoms with Crippen LogP contribution in [0.1, 0.15) is 22.8 Å². The fraction of sp³-hybridized carbons (Fsp3) is 0.222. The SMILES string of the molecule is CCc1ccc(NC(=O)COC(=O)c2ccc(S(=O)(=O)NC)cc2)cc1. The van der Waals surface area contributed by atoms with E-state index in [2.05, 4.69) is 10.0 Å². The maximum Gasteiger partial charge on any atom is 0.338 e. The smallest absolute Gasteiger partial charge is 0.338 e. The number of amides is 1. The molecule has 0 atom stereocenters. The predicted molar refractivity (Wildman–Crippen MR) is 97.4 cm³/mol. The molecular weight excluding hydrogens is 356 g/mol. The van der Waals surface area contributed by atoms with Crippen LogP contribution in [0.5, 0.6) is 0 Å². The van der Waals surface area contributed by atoms with Gasteiger partial charge in [-0.15, -0.1) is 0 Å². The van der Waals surface area contributed by atoms with E-state index in [1.165, 1.54) is 31.3 Å². The number of anilines is 1. The first-order valence-corrected chi connectivity index (χ1v) is 9.43. The second-order valence-corrected chi connectivity index (χ2v) is 7.29. The average molecular weight is 376 g/mol. The first kappa shape index (κ1) is 19.6. The normalized spacial score (nSPS) is 11.0. The van der Waals surface area contributed by atoms with E-state index in [1.54, 1.807) is 12.1 Å². The second kappa shape index (κ2) is 8.59. The minimum atomic E-state index is -3.57. The summed E-state index contributed by atoms with van der Waals surface area (Å²) in [5, 5.41) is 2.63. The summed E-state index contributed by atoms with van der Waals surface area (Å²) >= 11 is 0. The number of carbonyl (C=O) groups excluding carboxylic acids is 2. The third kappa shape index (κ3) is 5.14. The van der Waals surface area contributed by atoms with Crippen molar-refractivity contribution in [2.45, 2.75) is 18.2 Å². The summed E-state index contributed by atoms with van der Waals surface area (Å²) in [5.41, 5.74) is 1.92. The van der Waals surface area contributed by atoms with Crippen LogP contribution in [0.4, 0.5) is 5.69 Å². The van der Waals surface area contributed by atoms with Crippen molar-refractivity contribution >= 4 is 27.6 Å². The van der Waals surface area contributed by atoms with Crippen LogP contribution in [0.15, 0.2) is 53.4 Å². The van der Waals surface area contributed by atoms with Crippen molar-refractivity contribution in [3.63, 3.8) is 0 Å². The molecule has 26 heavy (non-hydrogen) atoms. The molecule has 2 N–H and O–H groups in total. The number of ether oxygens (including phenoxy) is 1. The van der Waals surface area contributed by atoms with Crippen molar-refractivity contribution in [1.29, 1.82) is 0 Å². The number of esters is 1. The van der Waals surface area contributed by atoms with Crippen LogP contribution in [0.3, 0.4) is 0 Å². The van der Waals surface area contributed by atoms with Gasteiger partial charge in [0.1, 0.15) is 0 Å². The molecule has 2 rings (SSSR count). The van der Waals surface area contributed by atoms with Gasteiger partial charge in [-0.3, -0.25) is 4.79 Å². The van der Waals surface area contributed by atoms with Crippen LogP contribution in [-0.2, 0) is 26.0 Å². The number of aryl methyl sites for hydroxylation is 1. The van der Waals surface area contributed by atoms with Gasteiger partial charge < -0.3 is 10.1 Å². The van der Waals surface area contributed by atoms with Gasteiger partial charge in [0, 0.05) is 5.69 Å². The molecular formula is C18H20N2O5S. The Morgan fingerprint density at radius 1 is 1.00 bits per heavy atom. The summed E-state index contributed by atoms with van der Waals surface area (Å²) in [6.45, 7) is 1.60. The summed E-state index contributed by atoms with van der Waals surface area (Å²) in [7, 11) is -2.27. The standard InChI is InChI=1S/C18H20N2O5S/c1-3-13-4-8-15(9-5-13)20-17(21)12-25-18(22)14-6-10-16(11-7-14)26(23,24)19-2/h4-11,19H,3,12H2,1-2H3,(H,20,21). The maximum absolute atomic E-state index is 11.9. The Morgan fingerprint density at radius 3 is 2.15 bits per heavy atom. The first-order valence-electron chi connectivity index (χ1n) is 7.95. The lowest BCUT2D eigenvalue weighted by Gasteiger charge is -2.08. The number of hydrogen-bond acceptors (Lipinski definition) is 5.